The van der Waals surface area contributed by atoms with Gasteiger partial charge in [0.25, 0.3) is 0 Å². The van der Waals surface area contributed by atoms with Crippen LogP contribution < -0.4 is 5.46 Å². The highest BCUT2D eigenvalue weighted by Gasteiger charge is 2.52. The van der Waals surface area contributed by atoms with Gasteiger partial charge >= 0.3 is 7.12 Å². The maximum Gasteiger partial charge on any atom is 0.495 e. The van der Waals surface area contributed by atoms with E-state index in [1.54, 1.807) is 0 Å². The Morgan fingerprint density at radius 1 is 0.535 bits per heavy atom. The van der Waals surface area contributed by atoms with Crippen LogP contribution in [0.15, 0.2) is 114 Å². The average molecular weight is 559 g/mol. The quantitative estimate of drug-likeness (QED) is 0.198. The number of hydrogen-bond acceptors (Lipinski definition) is 3. The zero-order chi connectivity index (χ0) is 29.1. The summed E-state index contributed by atoms with van der Waals surface area (Å²) in [7, 11) is -0.482. The van der Waals surface area contributed by atoms with Gasteiger partial charge in [0.15, 0.2) is 0 Å². The zero-order valence-corrected chi connectivity index (χ0v) is 24.6. The molecule has 9 rings (SSSR count). The van der Waals surface area contributed by atoms with Crippen LogP contribution in [0.2, 0.25) is 0 Å². The van der Waals surface area contributed by atoms with Crippen molar-refractivity contribution in [3.05, 3.63) is 109 Å². The Morgan fingerprint density at radius 2 is 1.14 bits per heavy atom. The van der Waals surface area contributed by atoms with Gasteiger partial charge in [0.2, 0.25) is 0 Å². The molecule has 5 heteroatoms. The predicted octanol–water partition coefficient (Wildman–Crippen LogP) is 9.29. The first-order chi connectivity index (χ1) is 20.8. The molecular weight excluding hydrogens is 529 g/mol. The normalized spacial score (nSPS) is 16.5. The minimum Gasteiger partial charge on any atom is -0.456 e. The molecule has 4 nitrogen and oxygen atoms in total. The van der Waals surface area contributed by atoms with Crippen molar-refractivity contribution in [3.8, 4) is 5.69 Å². The van der Waals surface area contributed by atoms with E-state index in [-0.39, 0.29) is 0 Å². The molecule has 3 heterocycles. The number of hydrogen-bond donors (Lipinski definition) is 0. The van der Waals surface area contributed by atoms with Crippen molar-refractivity contribution < 1.29 is 13.7 Å². The van der Waals surface area contributed by atoms with E-state index >= 15 is 0 Å². The average Bonchev–Trinajstić information content (AvgIpc) is 3.63. The van der Waals surface area contributed by atoms with Crippen molar-refractivity contribution in [1.82, 2.24) is 4.57 Å². The Balaban J connectivity index is 1.36. The van der Waals surface area contributed by atoms with Gasteiger partial charge in [-0.2, -0.15) is 0 Å². The summed E-state index contributed by atoms with van der Waals surface area (Å²) < 4.78 is 21.8. The van der Waals surface area contributed by atoms with Gasteiger partial charge in [0.05, 0.1) is 22.2 Å². The Labute approximate surface area is 249 Å². The van der Waals surface area contributed by atoms with Crippen molar-refractivity contribution in [2.45, 2.75) is 38.9 Å². The second-order valence-electron chi connectivity index (χ2n) is 12.8. The van der Waals surface area contributed by atoms with Crippen molar-refractivity contribution in [1.29, 1.82) is 0 Å². The second-order valence-corrected chi connectivity index (χ2v) is 12.8. The SMILES string of the molecule is CC1(C)OB(c2cccc3oc4ccc(-n5c6ccc7ccccc7c6c6c7ccccc7ccc65)cc4c23)OC1(C)C. The van der Waals surface area contributed by atoms with Crippen LogP contribution in [-0.4, -0.2) is 22.9 Å². The van der Waals surface area contributed by atoms with Gasteiger partial charge in [-0.05, 0) is 91.1 Å². The smallest absolute Gasteiger partial charge is 0.456 e. The third kappa shape index (κ3) is 3.41. The minimum absolute atomic E-state index is 0.431. The Hall–Kier alpha value is -4.58. The first-order valence-electron chi connectivity index (χ1n) is 15.0. The standard InChI is InChI=1S/C38H30BNO3/c1-37(2)38(3,4)43-39(42-37)29-14-9-15-33-34(29)28-22-25(18-21-32(28)41-33)40-30-19-16-23-10-5-7-12-26(23)35(30)36-27-13-8-6-11-24(27)17-20-31(36)40/h5-22H,1-4H3. The molecular formula is C38H30BNO3. The molecule has 208 valence electrons. The third-order valence-corrected chi connectivity index (χ3v) is 9.82. The summed E-state index contributed by atoms with van der Waals surface area (Å²) in [6, 6.07) is 39.1. The van der Waals surface area contributed by atoms with Gasteiger partial charge in [-0.3, -0.25) is 0 Å². The van der Waals surface area contributed by atoms with Crippen LogP contribution >= 0.6 is 0 Å². The van der Waals surface area contributed by atoms with E-state index in [9.17, 15) is 0 Å². The molecule has 0 aliphatic carbocycles. The van der Waals surface area contributed by atoms with Gasteiger partial charge in [-0.15, -0.1) is 0 Å². The second kappa shape index (κ2) is 8.50. The largest absolute Gasteiger partial charge is 0.495 e. The highest BCUT2D eigenvalue weighted by molar-refractivity contribution is 6.66. The molecule has 2 aromatic heterocycles. The molecule has 0 amide bonds. The zero-order valence-electron chi connectivity index (χ0n) is 24.6. The maximum absolute atomic E-state index is 6.51. The first kappa shape index (κ1) is 25.0. The summed E-state index contributed by atoms with van der Waals surface area (Å²) >= 11 is 0. The van der Waals surface area contributed by atoms with Crippen molar-refractivity contribution in [2.24, 2.45) is 0 Å². The molecule has 1 aliphatic rings. The summed E-state index contributed by atoms with van der Waals surface area (Å²) in [5.41, 5.74) is 5.26. The molecule has 6 aromatic carbocycles. The fourth-order valence-electron chi connectivity index (χ4n) is 6.97. The van der Waals surface area contributed by atoms with E-state index in [0.717, 1.165) is 33.1 Å². The molecule has 0 unspecified atom stereocenters. The topological polar surface area (TPSA) is 36.5 Å². The Kier molecular flexibility index (Phi) is 4.94. The number of aromatic nitrogens is 1. The van der Waals surface area contributed by atoms with Crippen LogP contribution in [0.3, 0.4) is 0 Å². The molecule has 1 fully saturated rings. The van der Waals surface area contributed by atoms with Gasteiger partial charge in [0, 0.05) is 27.2 Å². The van der Waals surface area contributed by atoms with Crippen LogP contribution in [0.25, 0.3) is 71.0 Å². The van der Waals surface area contributed by atoms with Gasteiger partial charge in [-0.25, -0.2) is 0 Å². The van der Waals surface area contributed by atoms with Gasteiger partial charge in [-0.1, -0.05) is 72.8 Å². The van der Waals surface area contributed by atoms with E-state index in [4.69, 9.17) is 13.7 Å². The fraction of sp³-hybridized carbons (Fsp3) is 0.158. The van der Waals surface area contributed by atoms with Crippen LogP contribution in [0, 0.1) is 0 Å². The maximum atomic E-state index is 6.51. The first-order valence-corrected chi connectivity index (χ1v) is 15.0. The molecule has 8 aromatic rings. The summed E-state index contributed by atoms with van der Waals surface area (Å²) in [5.74, 6) is 0. The third-order valence-electron chi connectivity index (χ3n) is 9.82. The fourth-order valence-corrected chi connectivity index (χ4v) is 6.97. The monoisotopic (exact) mass is 559 g/mol. The number of nitrogens with zero attached hydrogens (tertiary/aromatic N) is 1. The molecule has 0 N–H and O–H groups in total. The molecule has 0 radical (unpaired) electrons. The van der Waals surface area contributed by atoms with Crippen molar-refractivity contribution in [3.63, 3.8) is 0 Å². The lowest BCUT2D eigenvalue weighted by Crippen LogP contribution is -2.41. The molecule has 43 heavy (non-hydrogen) atoms. The van der Waals surface area contributed by atoms with Crippen LogP contribution in [-0.2, 0) is 9.31 Å². The van der Waals surface area contributed by atoms with E-state index in [2.05, 4.69) is 129 Å². The van der Waals surface area contributed by atoms with Crippen LogP contribution in [0.4, 0.5) is 0 Å². The number of fused-ring (bicyclic) bond motifs is 10. The number of furan rings is 1. The lowest BCUT2D eigenvalue weighted by molar-refractivity contribution is 0.00578. The Bertz CT molecular complexity index is 2320. The summed E-state index contributed by atoms with van der Waals surface area (Å²) in [6.07, 6.45) is 0. The van der Waals surface area contributed by atoms with E-state index in [1.807, 2.05) is 12.1 Å². The van der Waals surface area contributed by atoms with Gasteiger partial charge < -0.3 is 18.3 Å². The highest BCUT2D eigenvalue weighted by atomic mass is 16.7. The number of benzene rings is 6. The lowest BCUT2D eigenvalue weighted by atomic mass is 9.76. The summed E-state index contributed by atoms with van der Waals surface area (Å²) in [4.78, 5) is 0. The molecule has 0 saturated carbocycles. The van der Waals surface area contributed by atoms with Crippen molar-refractivity contribution >= 4 is 77.9 Å². The molecule has 1 aliphatic heterocycles. The predicted molar refractivity (Wildman–Crippen MR) is 179 cm³/mol. The van der Waals surface area contributed by atoms with Crippen LogP contribution in [0.5, 0.6) is 0 Å². The summed E-state index contributed by atoms with van der Waals surface area (Å²) in [5, 5.41) is 9.65. The van der Waals surface area contributed by atoms with Gasteiger partial charge in [0.1, 0.15) is 11.2 Å². The van der Waals surface area contributed by atoms with Crippen molar-refractivity contribution in [2.75, 3.05) is 0 Å². The summed E-state index contributed by atoms with van der Waals surface area (Å²) in [6.45, 7) is 8.37. The molecule has 0 spiro atoms. The van der Waals surface area contributed by atoms with E-state index < -0.39 is 18.3 Å². The van der Waals surface area contributed by atoms with Crippen LogP contribution in [0.1, 0.15) is 27.7 Å². The molecule has 0 bridgehead atoms. The highest BCUT2D eigenvalue weighted by Crippen LogP contribution is 2.42. The Morgan fingerprint density at radius 3 is 1.77 bits per heavy atom. The molecule has 0 atom stereocenters. The number of rotatable bonds is 2. The lowest BCUT2D eigenvalue weighted by Gasteiger charge is -2.32. The molecule has 1 saturated heterocycles. The minimum atomic E-state index is -0.482. The van der Waals surface area contributed by atoms with E-state index in [1.165, 1.54) is 43.4 Å². The van der Waals surface area contributed by atoms with E-state index in [0.29, 0.717) is 0 Å².